The molecule has 0 spiro atoms. The molecular formula is C12H25N3O8. The normalized spacial score (nSPS) is 11.9. The molecule has 23 heavy (non-hydrogen) atoms. The summed E-state index contributed by atoms with van der Waals surface area (Å²) in [5.74, 6) is -4.02. The van der Waals surface area contributed by atoms with Gasteiger partial charge in [-0.25, -0.2) is 0 Å². The van der Waals surface area contributed by atoms with Gasteiger partial charge in [0.1, 0.15) is 12.1 Å². The third-order valence-electron chi connectivity index (χ3n) is 1.93. The summed E-state index contributed by atoms with van der Waals surface area (Å²) in [6.07, 6.45) is 0.0185. The molecule has 0 saturated heterocycles. The van der Waals surface area contributed by atoms with E-state index in [0.29, 0.717) is 12.3 Å². The number of nitrogens with two attached hydrogens (primary N) is 3. The average Bonchev–Trinajstić information content (AvgIpc) is 2.38. The monoisotopic (exact) mass is 339 g/mol. The zero-order valence-electron chi connectivity index (χ0n) is 13.0. The van der Waals surface area contributed by atoms with Gasteiger partial charge in [0.15, 0.2) is 0 Å². The van der Waals surface area contributed by atoms with Crippen molar-refractivity contribution in [3.8, 4) is 0 Å². The van der Waals surface area contributed by atoms with Crippen LogP contribution in [-0.2, 0) is 19.2 Å². The van der Waals surface area contributed by atoms with Crippen LogP contribution < -0.4 is 17.2 Å². The molecule has 0 amide bonds. The molecule has 136 valence electrons. The van der Waals surface area contributed by atoms with E-state index in [0.717, 1.165) is 0 Å². The molecule has 0 saturated carbocycles. The number of carboxylic acid groups (broad SMARTS) is 4. The summed E-state index contributed by atoms with van der Waals surface area (Å²) in [7, 11) is 0. The topological polar surface area (TPSA) is 227 Å². The summed E-state index contributed by atoms with van der Waals surface area (Å²) in [6, 6.07) is -1.98. The van der Waals surface area contributed by atoms with Crippen molar-refractivity contribution >= 4 is 23.9 Å². The first kappa shape index (κ1) is 25.7. The molecule has 0 aliphatic rings. The zero-order chi connectivity index (χ0) is 19.2. The Kier molecular flexibility index (Phi) is 16.4. The zero-order valence-corrected chi connectivity index (χ0v) is 13.0. The minimum atomic E-state index is -1.29. The fraction of sp³-hybridized carbons (Fsp3) is 0.667. The number of hydrogen-bond donors (Lipinski definition) is 7. The summed E-state index contributed by atoms with van der Waals surface area (Å²) >= 11 is 0. The van der Waals surface area contributed by atoms with Gasteiger partial charge in [-0.2, -0.15) is 0 Å². The van der Waals surface area contributed by atoms with E-state index < -0.39 is 42.4 Å². The lowest BCUT2D eigenvalue weighted by Gasteiger charge is -2.07. The number of hydrogen-bond acceptors (Lipinski definition) is 7. The molecular weight excluding hydrogens is 314 g/mol. The van der Waals surface area contributed by atoms with Gasteiger partial charge in [-0.3, -0.25) is 19.2 Å². The predicted octanol–water partition coefficient (Wildman–Crippen LogP) is -1.65. The largest absolute Gasteiger partial charge is 0.481 e. The molecule has 0 radical (unpaired) electrons. The molecule has 0 rings (SSSR count). The van der Waals surface area contributed by atoms with Gasteiger partial charge in [0.05, 0.1) is 13.0 Å². The van der Waals surface area contributed by atoms with E-state index >= 15 is 0 Å². The lowest BCUT2D eigenvalue weighted by Crippen LogP contribution is -2.32. The molecule has 0 heterocycles. The summed E-state index contributed by atoms with van der Waals surface area (Å²) in [5, 5.41) is 31.9. The minimum absolute atomic E-state index is 0.278. The van der Waals surface area contributed by atoms with E-state index in [1.165, 1.54) is 0 Å². The third-order valence-corrected chi connectivity index (χ3v) is 1.93. The van der Waals surface area contributed by atoms with Gasteiger partial charge >= 0.3 is 23.9 Å². The highest BCUT2D eigenvalue weighted by atomic mass is 16.4. The predicted molar refractivity (Wildman–Crippen MR) is 79.6 cm³/mol. The highest BCUT2D eigenvalue weighted by Gasteiger charge is 2.14. The third kappa shape index (κ3) is 25.1. The Labute approximate surface area is 133 Å². The van der Waals surface area contributed by atoms with Crippen LogP contribution in [0.15, 0.2) is 0 Å². The number of carboxylic acids is 4. The molecule has 0 aromatic rings. The standard InChI is InChI=1S/C6H13NO2.C4H7NO4.C2H5NO2/c1-4(2)3-5(7)6(8)9;5-2(4(8)9)1-3(6)7;3-1-2(4)5/h4-5H,3,7H2,1-2H3,(H,8,9);2H,1,5H2,(H,6,7)(H,8,9);1,3H2,(H,4,5). The van der Waals surface area contributed by atoms with Gasteiger partial charge in [-0.05, 0) is 12.3 Å². The smallest absolute Gasteiger partial charge is 0.321 e. The van der Waals surface area contributed by atoms with E-state index in [2.05, 4.69) is 5.73 Å². The summed E-state index contributed by atoms with van der Waals surface area (Å²) in [6.45, 7) is 3.62. The second kappa shape index (κ2) is 14.7. The molecule has 11 heteroatoms. The molecule has 0 bridgehead atoms. The second-order valence-electron chi connectivity index (χ2n) is 4.71. The highest BCUT2D eigenvalue weighted by molar-refractivity contribution is 5.80. The van der Waals surface area contributed by atoms with Crippen LogP contribution in [-0.4, -0.2) is 62.9 Å². The van der Waals surface area contributed by atoms with E-state index in [1.807, 2.05) is 13.8 Å². The Morgan fingerprint density at radius 2 is 1.17 bits per heavy atom. The van der Waals surface area contributed by atoms with Crippen molar-refractivity contribution in [3.05, 3.63) is 0 Å². The van der Waals surface area contributed by atoms with Crippen molar-refractivity contribution in [3.63, 3.8) is 0 Å². The molecule has 0 aromatic heterocycles. The van der Waals surface area contributed by atoms with Crippen molar-refractivity contribution in [2.75, 3.05) is 6.54 Å². The van der Waals surface area contributed by atoms with Crippen LogP contribution in [0.1, 0.15) is 26.7 Å². The van der Waals surface area contributed by atoms with Crippen molar-refractivity contribution < 1.29 is 39.6 Å². The maximum Gasteiger partial charge on any atom is 0.321 e. The average molecular weight is 339 g/mol. The van der Waals surface area contributed by atoms with Crippen molar-refractivity contribution in [2.24, 2.45) is 23.1 Å². The Bertz CT molecular complexity index is 387. The van der Waals surface area contributed by atoms with Gasteiger partial charge in [0.25, 0.3) is 0 Å². The van der Waals surface area contributed by atoms with Crippen LogP contribution in [0.25, 0.3) is 0 Å². The van der Waals surface area contributed by atoms with Crippen LogP contribution in [0, 0.1) is 5.92 Å². The Hall–Kier alpha value is -2.24. The summed E-state index contributed by atoms with van der Waals surface area (Å²) in [4.78, 5) is 39.0. The molecule has 0 aromatic carbocycles. The molecule has 2 atom stereocenters. The van der Waals surface area contributed by atoms with Gasteiger partial charge < -0.3 is 37.6 Å². The van der Waals surface area contributed by atoms with Gasteiger partial charge in [-0.1, -0.05) is 13.8 Å². The highest BCUT2D eigenvalue weighted by Crippen LogP contribution is 2.01. The van der Waals surface area contributed by atoms with Gasteiger partial charge in [0, 0.05) is 0 Å². The van der Waals surface area contributed by atoms with Crippen LogP contribution in [0.2, 0.25) is 0 Å². The molecule has 0 aliphatic carbocycles. The van der Waals surface area contributed by atoms with Crippen LogP contribution in [0.5, 0.6) is 0 Å². The summed E-state index contributed by atoms with van der Waals surface area (Å²) < 4.78 is 0. The molecule has 0 aliphatic heterocycles. The SMILES string of the molecule is CC(C)CC(N)C(=O)O.NC(CC(=O)O)C(=O)O.NCC(=O)O. The van der Waals surface area contributed by atoms with Crippen LogP contribution in [0.4, 0.5) is 0 Å². The number of aliphatic carboxylic acids is 4. The maximum absolute atomic E-state index is 10.1. The maximum atomic E-state index is 10.1. The molecule has 11 nitrogen and oxygen atoms in total. The van der Waals surface area contributed by atoms with Crippen LogP contribution >= 0.6 is 0 Å². The second-order valence-corrected chi connectivity index (χ2v) is 4.71. The van der Waals surface area contributed by atoms with Gasteiger partial charge in [0.2, 0.25) is 0 Å². The van der Waals surface area contributed by atoms with Crippen molar-refractivity contribution in [2.45, 2.75) is 38.8 Å². The molecule has 0 fully saturated rings. The lowest BCUT2D eigenvalue weighted by molar-refractivity contribution is -0.144. The van der Waals surface area contributed by atoms with E-state index in [-0.39, 0.29) is 6.54 Å². The lowest BCUT2D eigenvalue weighted by atomic mass is 10.1. The van der Waals surface area contributed by atoms with Crippen molar-refractivity contribution in [1.82, 2.24) is 0 Å². The quantitative estimate of drug-likeness (QED) is 0.277. The number of carbonyl (C=O) groups is 4. The Morgan fingerprint density at radius 1 is 0.826 bits per heavy atom. The Balaban J connectivity index is -0.000000273. The first-order chi connectivity index (χ1) is 10.3. The first-order valence-electron chi connectivity index (χ1n) is 6.45. The fourth-order valence-electron chi connectivity index (χ4n) is 0.884. The molecule has 2 unspecified atom stereocenters. The van der Waals surface area contributed by atoms with Crippen molar-refractivity contribution in [1.29, 1.82) is 0 Å². The minimum Gasteiger partial charge on any atom is -0.481 e. The number of rotatable bonds is 7. The Morgan fingerprint density at radius 3 is 1.26 bits per heavy atom. The van der Waals surface area contributed by atoms with Crippen LogP contribution in [0.3, 0.4) is 0 Å². The molecule has 10 N–H and O–H groups in total. The van der Waals surface area contributed by atoms with E-state index in [1.54, 1.807) is 0 Å². The van der Waals surface area contributed by atoms with E-state index in [4.69, 9.17) is 31.9 Å². The van der Waals surface area contributed by atoms with E-state index in [9.17, 15) is 19.2 Å². The summed E-state index contributed by atoms with van der Waals surface area (Å²) in [5.41, 5.74) is 14.6. The first-order valence-corrected chi connectivity index (χ1v) is 6.45. The van der Waals surface area contributed by atoms with Gasteiger partial charge in [-0.15, -0.1) is 0 Å². The fourth-order valence-corrected chi connectivity index (χ4v) is 0.884.